The zero-order valence-corrected chi connectivity index (χ0v) is 19.3. The van der Waals surface area contributed by atoms with E-state index in [1.54, 1.807) is 30.3 Å². The zero-order valence-electron chi connectivity index (χ0n) is 17.7. The van der Waals surface area contributed by atoms with Crippen LogP contribution in [-0.4, -0.2) is 48.6 Å². The van der Waals surface area contributed by atoms with E-state index in [0.29, 0.717) is 27.8 Å². The number of ether oxygens (including phenoxy) is 4. The molecule has 2 aromatic carbocycles. The van der Waals surface area contributed by atoms with Gasteiger partial charge in [-0.25, -0.2) is 0 Å². The fraction of sp³-hybridized carbons (Fsp3) is 0.348. The maximum atomic E-state index is 12.8. The topological polar surface area (TPSA) is 100 Å². The van der Waals surface area contributed by atoms with Gasteiger partial charge in [-0.3, -0.25) is 14.4 Å². The number of carbonyl (C=O) groups excluding carboxylic acids is 3. The fourth-order valence-electron chi connectivity index (χ4n) is 3.43. The predicted molar refractivity (Wildman–Crippen MR) is 121 cm³/mol. The molecule has 2 aliphatic heterocycles. The number of rotatable bonds is 7. The molecule has 1 amide bonds. The lowest BCUT2D eigenvalue weighted by Crippen LogP contribution is -2.53. The molecule has 1 saturated heterocycles. The first-order valence-corrected chi connectivity index (χ1v) is 11.7. The Labute approximate surface area is 199 Å². The van der Waals surface area contributed by atoms with Crippen LogP contribution in [-0.2, 0) is 24.8 Å². The van der Waals surface area contributed by atoms with E-state index in [1.165, 1.54) is 18.7 Å². The Balaban J connectivity index is 1.41. The van der Waals surface area contributed by atoms with Crippen LogP contribution in [0.25, 0.3) is 0 Å². The molecule has 0 radical (unpaired) electrons. The standard InChI is InChI=1S/C23H22ClNO7S/c1-13(26)29-10-20-21(33-11-14-2-5-16(24)6-3-14)9-17(27)23(32-20)25-22(28)15-4-7-18-19(8-15)31-12-30-18/h2-8,20-21,23H,9-12H2,1H3,(H,25,28)/t20-,21?,23-/m1/s1. The number of hydrogen-bond acceptors (Lipinski definition) is 8. The Morgan fingerprint density at radius 3 is 2.67 bits per heavy atom. The quantitative estimate of drug-likeness (QED) is 0.588. The average Bonchev–Trinajstić information content (AvgIpc) is 3.27. The van der Waals surface area contributed by atoms with Crippen molar-refractivity contribution in [1.82, 2.24) is 5.32 Å². The van der Waals surface area contributed by atoms with Crippen molar-refractivity contribution in [3.63, 3.8) is 0 Å². The van der Waals surface area contributed by atoms with Crippen molar-refractivity contribution < 1.29 is 33.3 Å². The molecule has 0 bridgehead atoms. The van der Waals surface area contributed by atoms with Crippen LogP contribution in [0.15, 0.2) is 42.5 Å². The van der Waals surface area contributed by atoms with Crippen LogP contribution in [0.3, 0.4) is 0 Å². The molecule has 33 heavy (non-hydrogen) atoms. The van der Waals surface area contributed by atoms with Crippen LogP contribution in [0, 0.1) is 0 Å². The Kier molecular flexibility index (Phi) is 7.42. The SMILES string of the molecule is CC(=O)OC[C@H]1O[C@@H](NC(=O)c2ccc3c(c2)OCO3)C(=O)CC1SCc1ccc(Cl)cc1. The average molecular weight is 492 g/mol. The number of thioether (sulfide) groups is 1. The third-order valence-corrected chi connectivity index (χ3v) is 6.80. The molecule has 4 rings (SSSR count). The third kappa shape index (κ3) is 5.98. The second kappa shape index (κ2) is 10.5. The maximum absolute atomic E-state index is 12.8. The molecule has 3 atom stereocenters. The summed E-state index contributed by atoms with van der Waals surface area (Å²) in [6.45, 7) is 1.39. The number of ketones is 1. The van der Waals surface area contributed by atoms with Crippen molar-refractivity contribution in [2.75, 3.05) is 13.4 Å². The predicted octanol–water partition coefficient (Wildman–Crippen LogP) is 3.35. The van der Waals surface area contributed by atoms with Crippen LogP contribution in [0.2, 0.25) is 5.02 Å². The molecule has 174 valence electrons. The van der Waals surface area contributed by atoms with E-state index in [1.807, 2.05) is 12.1 Å². The Morgan fingerprint density at radius 2 is 1.91 bits per heavy atom. The number of halogens is 1. The van der Waals surface area contributed by atoms with E-state index in [4.69, 9.17) is 30.5 Å². The van der Waals surface area contributed by atoms with Gasteiger partial charge in [-0.15, -0.1) is 0 Å². The lowest BCUT2D eigenvalue weighted by atomic mass is 10.1. The number of carbonyl (C=O) groups is 3. The van der Waals surface area contributed by atoms with E-state index in [-0.39, 0.29) is 30.9 Å². The summed E-state index contributed by atoms with van der Waals surface area (Å²) in [5.74, 6) is 0.465. The van der Waals surface area contributed by atoms with Crippen molar-refractivity contribution in [1.29, 1.82) is 0 Å². The summed E-state index contributed by atoms with van der Waals surface area (Å²) in [5, 5.41) is 3.03. The van der Waals surface area contributed by atoms with E-state index in [2.05, 4.69) is 5.32 Å². The van der Waals surface area contributed by atoms with Gasteiger partial charge < -0.3 is 24.3 Å². The highest BCUT2D eigenvalue weighted by molar-refractivity contribution is 7.99. The largest absolute Gasteiger partial charge is 0.463 e. The highest BCUT2D eigenvalue weighted by atomic mass is 35.5. The second-order valence-electron chi connectivity index (χ2n) is 7.55. The number of fused-ring (bicyclic) bond motifs is 1. The molecule has 2 aliphatic rings. The smallest absolute Gasteiger partial charge is 0.302 e. The van der Waals surface area contributed by atoms with Gasteiger partial charge in [-0.05, 0) is 35.9 Å². The van der Waals surface area contributed by atoms with Crippen LogP contribution in [0.5, 0.6) is 11.5 Å². The van der Waals surface area contributed by atoms with Crippen molar-refractivity contribution in [3.8, 4) is 11.5 Å². The monoisotopic (exact) mass is 491 g/mol. The minimum atomic E-state index is -1.14. The lowest BCUT2D eigenvalue weighted by molar-refractivity contribution is -0.156. The number of hydrogen-bond donors (Lipinski definition) is 1. The first-order chi connectivity index (χ1) is 15.9. The van der Waals surface area contributed by atoms with Crippen molar-refractivity contribution in [3.05, 3.63) is 58.6 Å². The van der Waals surface area contributed by atoms with Gasteiger partial charge in [0.05, 0.1) is 0 Å². The Bertz CT molecular complexity index is 1050. The van der Waals surface area contributed by atoms with Crippen molar-refractivity contribution in [2.45, 2.75) is 36.7 Å². The van der Waals surface area contributed by atoms with E-state index in [0.717, 1.165) is 5.56 Å². The van der Waals surface area contributed by atoms with Gasteiger partial charge in [-0.2, -0.15) is 11.8 Å². The molecule has 0 saturated carbocycles. The molecule has 2 heterocycles. The Hall–Kier alpha value is -2.75. The van der Waals surface area contributed by atoms with Gasteiger partial charge in [0, 0.05) is 34.9 Å². The minimum absolute atomic E-state index is 0.0166. The lowest BCUT2D eigenvalue weighted by Gasteiger charge is -2.35. The zero-order chi connectivity index (χ0) is 23.4. The molecule has 2 aromatic rings. The number of Topliss-reactive ketones (excluding diaryl/α,β-unsaturated/α-hetero) is 1. The summed E-state index contributed by atoms with van der Waals surface area (Å²) >= 11 is 7.46. The molecule has 0 spiro atoms. The Morgan fingerprint density at radius 1 is 1.15 bits per heavy atom. The third-order valence-electron chi connectivity index (χ3n) is 5.15. The normalized spacial score (nSPS) is 21.5. The molecule has 1 fully saturated rings. The van der Waals surface area contributed by atoms with E-state index >= 15 is 0 Å². The van der Waals surface area contributed by atoms with E-state index < -0.39 is 24.2 Å². The summed E-state index contributed by atoms with van der Waals surface area (Å²) < 4.78 is 21.6. The highest BCUT2D eigenvalue weighted by Gasteiger charge is 2.38. The van der Waals surface area contributed by atoms with Gasteiger partial charge in [0.25, 0.3) is 5.91 Å². The highest BCUT2D eigenvalue weighted by Crippen LogP contribution is 2.33. The summed E-state index contributed by atoms with van der Waals surface area (Å²) in [4.78, 5) is 36.8. The molecular formula is C23H22ClNO7S. The van der Waals surface area contributed by atoms with Crippen LogP contribution in [0.4, 0.5) is 0 Å². The van der Waals surface area contributed by atoms with Gasteiger partial charge in [-0.1, -0.05) is 23.7 Å². The molecule has 1 N–H and O–H groups in total. The number of benzene rings is 2. The fourth-order valence-corrected chi connectivity index (χ4v) is 4.79. The molecule has 8 nitrogen and oxygen atoms in total. The van der Waals surface area contributed by atoms with Crippen LogP contribution in [0.1, 0.15) is 29.3 Å². The van der Waals surface area contributed by atoms with Crippen LogP contribution >= 0.6 is 23.4 Å². The molecule has 1 unspecified atom stereocenters. The van der Waals surface area contributed by atoms with Crippen molar-refractivity contribution >= 4 is 41.0 Å². The number of nitrogens with one attached hydrogen (secondary N) is 1. The van der Waals surface area contributed by atoms with Crippen molar-refractivity contribution in [2.24, 2.45) is 0 Å². The van der Waals surface area contributed by atoms with Gasteiger partial charge in [0.1, 0.15) is 12.7 Å². The van der Waals surface area contributed by atoms with Crippen LogP contribution < -0.4 is 14.8 Å². The minimum Gasteiger partial charge on any atom is -0.463 e. The van der Waals surface area contributed by atoms with Gasteiger partial charge in [0.2, 0.25) is 6.79 Å². The molecule has 0 aromatic heterocycles. The molecule has 10 heteroatoms. The molecular weight excluding hydrogens is 470 g/mol. The summed E-state index contributed by atoms with van der Waals surface area (Å²) in [6, 6.07) is 12.2. The van der Waals surface area contributed by atoms with E-state index in [9.17, 15) is 14.4 Å². The van der Waals surface area contributed by atoms with Gasteiger partial charge in [0.15, 0.2) is 23.5 Å². The maximum Gasteiger partial charge on any atom is 0.302 e. The first-order valence-electron chi connectivity index (χ1n) is 10.3. The summed E-state index contributed by atoms with van der Waals surface area (Å²) in [5.41, 5.74) is 1.35. The second-order valence-corrected chi connectivity index (χ2v) is 9.21. The van der Waals surface area contributed by atoms with Gasteiger partial charge >= 0.3 is 5.97 Å². The summed E-state index contributed by atoms with van der Waals surface area (Å²) in [7, 11) is 0. The first kappa shape index (κ1) is 23.4. The number of esters is 1. The number of amides is 1. The summed E-state index contributed by atoms with van der Waals surface area (Å²) in [6.07, 6.45) is -1.54. The molecule has 0 aliphatic carbocycles.